The van der Waals surface area contributed by atoms with E-state index < -0.39 is 5.60 Å². The van der Waals surface area contributed by atoms with Gasteiger partial charge in [-0.3, -0.25) is 0 Å². The number of ether oxygens (including phenoxy) is 1. The zero-order chi connectivity index (χ0) is 20.6. The minimum atomic E-state index is -0.909. The van der Waals surface area contributed by atoms with Gasteiger partial charge in [-0.25, -0.2) is 0 Å². The number of para-hydroxylation sites is 1. The second kappa shape index (κ2) is 7.57. The largest absolute Gasteiger partial charge is 0.496 e. The van der Waals surface area contributed by atoms with Gasteiger partial charge in [0.1, 0.15) is 5.75 Å². The third-order valence-electron chi connectivity index (χ3n) is 7.51. The average Bonchev–Trinajstić information content (AvgIpc) is 3.33. The van der Waals surface area contributed by atoms with Crippen molar-refractivity contribution in [2.75, 3.05) is 20.2 Å². The summed E-state index contributed by atoms with van der Waals surface area (Å²) in [5, 5.41) is 15.8. The zero-order valence-corrected chi connectivity index (χ0v) is 17.4. The van der Waals surface area contributed by atoms with E-state index >= 15 is 0 Å². The van der Waals surface area contributed by atoms with E-state index in [4.69, 9.17) is 4.74 Å². The fraction of sp³-hybridized carbons (Fsp3) is 0.333. The summed E-state index contributed by atoms with van der Waals surface area (Å²) < 4.78 is 5.65. The smallest absolute Gasteiger partial charge is 0.124 e. The lowest BCUT2D eigenvalue weighted by atomic mass is 9.52. The molecule has 0 unspecified atom stereocenters. The van der Waals surface area contributed by atoms with Gasteiger partial charge in [0.15, 0.2) is 0 Å². The van der Waals surface area contributed by atoms with Crippen LogP contribution in [0, 0.1) is 11.8 Å². The molecule has 1 saturated heterocycles. The highest BCUT2D eigenvalue weighted by atomic mass is 16.5. The molecule has 1 aliphatic heterocycles. The van der Waals surface area contributed by atoms with Gasteiger partial charge in [-0.15, -0.1) is 0 Å². The summed E-state index contributed by atoms with van der Waals surface area (Å²) in [6.45, 7) is 1.70. The number of methoxy groups -OCH3 is 1. The summed E-state index contributed by atoms with van der Waals surface area (Å²) in [6.07, 6.45) is 1.58. The Morgan fingerprint density at radius 3 is 1.97 bits per heavy atom. The van der Waals surface area contributed by atoms with Gasteiger partial charge in [-0.1, -0.05) is 78.9 Å². The lowest BCUT2D eigenvalue weighted by Crippen LogP contribution is -2.53. The highest BCUT2D eigenvalue weighted by Crippen LogP contribution is 2.58. The van der Waals surface area contributed by atoms with Crippen molar-refractivity contribution in [1.29, 1.82) is 0 Å². The summed E-state index contributed by atoms with van der Waals surface area (Å²) in [4.78, 5) is 0. The fourth-order valence-electron chi connectivity index (χ4n) is 6.15. The van der Waals surface area contributed by atoms with Crippen LogP contribution in [0.1, 0.15) is 29.5 Å². The van der Waals surface area contributed by atoms with Gasteiger partial charge in [0.25, 0.3) is 0 Å². The third kappa shape index (κ3) is 2.80. The number of fused-ring (bicyclic) bond motifs is 1. The quantitative estimate of drug-likeness (QED) is 0.679. The van der Waals surface area contributed by atoms with Crippen molar-refractivity contribution in [2.24, 2.45) is 11.8 Å². The number of hydrogen-bond acceptors (Lipinski definition) is 3. The second-order valence-electron chi connectivity index (χ2n) is 8.70. The van der Waals surface area contributed by atoms with Crippen LogP contribution in [-0.2, 0) is 11.0 Å². The van der Waals surface area contributed by atoms with Crippen LogP contribution in [0.2, 0.25) is 0 Å². The van der Waals surface area contributed by atoms with Crippen molar-refractivity contribution in [1.82, 2.24) is 5.32 Å². The maximum atomic E-state index is 12.1. The van der Waals surface area contributed by atoms with Crippen LogP contribution in [0.5, 0.6) is 5.75 Å². The molecule has 1 saturated carbocycles. The molecular weight excluding hydrogens is 370 g/mol. The standard InChI is InChI=1S/C27H29NO2/c1-30-25-15-9-8-14-22(25)27(29)17-16-26(20-10-4-2-5-11-20,21-12-6-3-7-13-21)23-18-28-19-24(23)27/h2-15,23-24,28-29H,16-19H2,1H3/t23-,24+,27+/m0/s1. The summed E-state index contributed by atoms with van der Waals surface area (Å²) in [5.41, 5.74) is 2.58. The van der Waals surface area contributed by atoms with Crippen molar-refractivity contribution in [2.45, 2.75) is 23.9 Å². The van der Waals surface area contributed by atoms with Gasteiger partial charge in [0, 0.05) is 23.4 Å². The first-order chi connectivity index (χ1) is 14.7. The molecular formula is C27H29NO2. The summed E-state index contributed by atoms with van der Waals surface area (Å²) in [6, 6.07) is 29.7. The molecule has 3 aromatic rings. The molecule has 1 heterocycles. The van der Waals surface area contributed by atoms with Crippen LogP contribution in [-0.4, -0.2) is 25.3 Å². The number of aliphatic hydroxyl groups is 1. The van der Waals surface area contributed by atoms with Crippen LogP contribution in [0.4, 0.5) is 0 Å². The molecule has 3 heteroatoms. The highest BCUT2D eigenvalue weighted by Gasteiger charge is 2.59. The Morgan fingerprint density at radius 1 is 0.767 bits per heavy atom. The molecule has 5 rings (SSSR count). The Labute approximate surface area is 178 Å². The molecule has 1 aliphatic carbocycles. The highest BCUT2D eigenvalue weighted by molar-refractivity contribution is 5.46. The lowest BCUT2D eigenvalue weighted by molar-refractivity contribution is -0.0845. The first kappa shape index (κ1) is 19.3. The minimum Gasteiger partial charge on any atom is -0.496 e. The van der Waals surface area contributed by atoms with E-state index in [1.165, 1.54) is 11.1 Å². The van der Waals surface area contributed by atoms with Crippen LogP contribution >= 0.6 is 0 Å². The summed E-state index contributed by atoms with van der Waals surface area (Å²) in [7, 11) is 1.69. The molecule has 3 aromatic carbocycles. The fourth-order valence-corrected chi connectivity index (χ4v) is 6.15. The van der Waals surface area contributed by atoms with Gasteiger partial charge >= 0.3 is 0 Å². The molecule has 0 bridgehead atoms. The zero-order valence-electron chi connectivity index (χ0n) is 17.4. The Bertz CT molecular complexity index is 964. The van der Waals surface area contributed by atoms with E-state index in [0.29, 0.717) is 6.42 Å². The predicted molar refractivity (Wildman–Crippen MR) is 120 cm³/mol. The normalized spacial score (nSPS) is 27.4. The van der Waals surface area contributed by atoms with Crippen molar-refractivity contribution >= 4 is 0 Å². The van der Waals surface area contributed by atoms with Gasteiger partial charge in [-0.05, 0) is 42.5 Å². The average molecular weight is 400 g/mol. The van der Waals surface area contributed by atoms with Crippen molar-refractivity contribution in [3.05, 3.63) is 102 Å². The van der Waals surface area contributed by atoms with E-state index in [-0.39, 0.29) is 17.3 Å². The molecule has 0 aromatic heterocycles. The van der Waals surface area contributed by atoms with Gasteiger partial charge in [-0.2, -0.15) is 0 Å². The molecule has 0 amide bonds. The van der Waals surface area contributed by atoms with E-state index in [2.05, 4.69) is 66.0 Å². The van der Waals surface area contributed by atoms with Gasteiger partial charge in [0.05, 0.1) is 12.7 Å². The first-order valence-corrected chi connectivity index (χ1v) is 10.9. The van der Waals surface area contributed by atoms with E-state index in [0.717, 1.165) is 30.8 Å². The topological polar surface area (TPSA) is 41.5 Å². The SMILES string of the molecule is COc1ccccc1[C@]1(O)CCC(c2ccccc2)(c2ccccc2)[C@H]2CNC[C@H]21. The number of benzene rings is 3. The monoisotopic (exact) mass is 399 g/mol. The second-order valence-corrected chi connectivity index (χ2v) is 8.70. The Kier molecular flexibility index (Phi) is 4.88. The molecule has 2 aliphatic rings. The number of rotatable bonds is 4. The molecule has 2 N–H and O–H groups in total. The van der Waals surface area contributed by atoms with Gasteiger partial charge in [0.2, 0.25) is 0 Å². The molecule has 0 radical (unpaired) electrons. The Hall–Kier alpha value is -2.62. The molecule has 3 atom stereocenters. The first-order valence-electron chi connectivity index (χ1n) is 10.9. The molecule has 30 heavy (non-hydrogen) atoms. The van der Waals surface area contributed by atoms with E-state index in [9.17, 15) is 5.11 Å². The van der Waals surface area contributed by atoms with Gasteiger partial charge < -0.3 is 15.2 Å². The number of nitrogens with one attached hydrogen (secondary N) is 1. The van der Waals surface area contributed by atoms with E-state index in [1.807, 2.05) is 24.3 Å². The Morgan fingerprint density at radius 2 is 1.33 bits per heavy atom. The third-order valence-corrected chi connectivity index (χ3v) is 7.51. The molecule has 0 spiro atoms. The van der Waals surface area contributed by atoms with Crippen molar-refractivity contribution in [3.8, 4) is 5.75 Å². The number of hydrogen-bond donors (Lipinski definition) is 2. The molecule has 3 nitrogen and oxygen atoms in total. The van der Waals surface area contributed by atoms with Crippen LogP contribution < -0.4 is 10.1 Å². The van der Waals surface area contributed by atoms with Crippen LogP contribution in [0.3, 0.4) is 0 Å². The minimum absolute atomic E-state index is 0.1000. The molecule has 2 fully saturated rings. The van der Waals surface area contributed by atoms with Crippen LogP contribution in [0.25, 0.3) is 0 Å². The van der Waals surface area contributed by atoms with Crippen LogP contribution in [0.15, 0.2) is 84.9 Å². The summed E-state index contributed by atoms with van der Waals surface area (Å²) >= 11 is 0. The Balaban J connectivity index is 1.67. The predicted octanol–water partition coefficient (Wildman–Crippen LogP) is 4.50. The summed E-state index contributed by atoms with van der Waals surface area (Å²) in [5.74, 6) is 1.16. The van der Waals surface area contributed by atoms with E-state index in [1.54, 1.807) is 7.11 Å². The molecule has 154 valence electrons. The lowest BCUT2D eigenvalue weighted by Gasteiger charge is -2.53. The maximum Gasteiger partial charge on any atom is 0.124 e. The maximum absolute atomic E-state index is 12.1. The van der Waals surface area contributed by atoms with Crippen molar-refractivity contribution in [3.63, 3.8) is 0 Å². The van der Waals surface area contributed by atoms with Crippen molar-refractivity contribution < 1.29 is 9.84 Å².